The second-order valence-electron chi connectivity index (χ2n) is 5.69. The molecule has 1 saturated carbocycles. The Labute approximate surface area is 117 Å². The van der Waals surface area contributed by atoms with E-state index in [1.165, 1.54) is 0 Å². The molecule has 1 amide bonds. The van der Waals surface area contributed by atoms with Crippen LogP contribution in [-0.4, -0.2) is 28.3 Å². The molecular weight excluding hydrogens is 258 g/mol. The minimum absolute atomic E-state index is 0.217. The lowest BCUT2D eigenvalue weighted by atomic mass is 9.96. The van der Waals surface area contributed by atoms with E-state index >= 15 is 0 Å². The van der Waals surface area contributed by atoms with Crippen molar-refractivity contribution in [3.05, 3.63) is 35.9 Å². The Morgan fingerprint density at radius 2 is 2.10 bits per heavy atom. The molecule has 20 heavy (non-hydrogen) atoms. The molecule has 0 radical (unpaired) electrons. The maximum Gasteiger partial charge on any atom is 0.336 e. The summed E-state index contributed by atoms with van der Waals surface area (Å²) in [5.74, 6) is -1.04. The van der Waals surface area contributed by atoms with Gasteiger partial charge >= 0.3 is 5.97 Å². The summed E-state index contributed by atoms with van der Waals surface area (Å²) in [5, 5.41) is 10.4. The Morgan fingerprint density at radius 1 is 1.40 bits per heavy atom. The number of hydroxylamine groups is 2. The Morgan fingerprint density at radius 3 is 2.70 bits per heavy atom. The first kappa shape index (κ1) is 13.1. The second kappa shape index (κ2) is 4.59. The van der Waals surface area contributed by atoms with Gasteiger partial charge in [0, 0.05) is 18.3 Å². The van der Waals surface area contributed by atoms with Gasteiger partial charge in [-0.1, -0.05) is 37.3 Å². The van der Waals surface area contributed by atoms with Crippen LogP contribution < -0.4 is 0 Å². The highest BCUT2D eigenvalue weighted by Crippen LogP contribution is 2.54. The molecule has 1 aliphatic heterocycles. The summed E-state index contributed by atoms with van der Waals surface area (Å²) in [6.45, 7) is 2.01. The molecule has 0 spiro atoms. The smallest absolute Gasteiger partial charge is 0.336 e. The Hall–Kier alpha value is -1.88. The quantitative estimate of drug-likeness (QED) is 0.904. The van der Waals surface area contributed by atoms with Crippen molar-refractivity contribution in [2.24, 2.45) is 5.92 Å². The van der Waals surface area contributed by atoms with Gasteiger partial charge < -0.3 is 9.94 Å². The molecule has 1 saturated heterocycles. The van der Waals surface area contributed by atoms with Crippen LogP contribution in [0.1, 0.15) is 31.7 Å². The summed E-state index contributed by atoms with van der Waals surface area (Å²) in [5.41, 5.74) is 0.863. The molecule has 1 aliphatic carbocycles. The summed E-state index contributed by atoms with van der Waals surface area (Å²) in [6.07, 6.45) is 0.226. The molecule has 3 rings (SSSR count). The van der Waals surface area contributed by atoms with Crippen LogP contribution in [0, 0.1) is 5.92 Å². The lowest BCUT2D eigenvalue weighted by Gasteiger charge is -2.19. The molecule has 2 aliphatic rings. The lowest BCUT2D eigenvalue weighted by Crippen LogP contribution is -2.36. The fourth-order valence-electron chi connectivity index (χ4n) is 2.77. The zero-order valence-corrected chi connectivity index (χ0v) is 11.3. The topological polar surface area (TPSA) is 66.8 Å². The highest BCUT2D eigenvalue weighted by atomic mass is 16.7. The van der Waals surface area contributed by atoms with Crippen LogP contribution in [0.4, 0.5) is 0 Å². The molecular formula is C15H17NO4. The van der Waals surface area contributed by atoms with Gasteiger partial charge in [-0.25, -0.2) is 4.79 Å². The number of carbonyl (C=O) groups excluding carboxylic acids is 2. The number of aliphatic hydroxyl groups is 1. The number of hydrogen-bond acceptors (Lipinski definition) is 4. The average molecular weight is 275 g/mol. The van der Waals surface area contributed by atoms with E-state index in [1.807, 2.05) is 37.3 Å². The van der Waals surface area contributed by atoms with Gasteiger partial charge in [0.05, 0.1) is 5.92 Å². The van der Waals surface area contributed by atoms with E-state index in [2.05, 4.69) is 0 Å². The van der Waals surface area contributed by atoms with Gasteiger partial charge in [-0.2, -0.15) is 0 Å². The summed E-state index contributed by atoms with van der Waals surface area (Å²) in [6, 6.07) is 9.79. The van der Waals surface area contributed by atoms with Gasteiger partial charge in [0.2, 0.25) is 0 Å². The van der Waals surface area contributed by atoms with E-state index in [4.69, 9.17) is 4.84 Å². The third-order valence-corrected chi connectivity index (χ3v) is 4.28. The van der Waals surface area contributed by atoms with Crippen molar-refractivity contribution in [1.29, 1.82) is 0 Å². The molecule has 0 aromatic heterocycles. The van der Waals surface area contributed by atoms with Gasteiger partial charge in [0.25, 0.3) is 5.91 Å². The standard InChI is InChI=1S/C15H17NO4/c1-15(10-5-3-2-4-6-10)9-11(15)14(19)20-16-12(17)7-8-13(16)18/h2-6,11-12,17H,7-9H2,1H3/t11-,12?,15-/m0/s1. The fraction of sp³-hybridized carbons (Fsp3) is 0.467. The van der Waals surface area contributed by atoms with Crippen LogP contribution in [0.15, 0.2) is 30.3 Å². The van der Waals surface area contributed by atoms with Gasteiger partial charge in [-0.3, -0.25) is 4.79 Å². The van der Waals surface area contributed by atoms with Crippen LogP contribution in [0.25, 0.3) is 0 Å². The zero-order valence-electron chi connectivity index (χ0n) is 11.3. The van der Waals surface area contributed by atoms with Gasteiger partial charge in [0.15, 0.2) is 6.23 Å². The molecule has 3 atom stereocenters. The normalized spacial score (nSPS) is 32.3. The predicted octanol–water partition coefficient (Wildman–Crippen LogP) is 1.36. The van der Waals surface area contributed by atoms with Crippen molar-refractivity contribution in [1.82, 2.24) is 5.06 Å². The fourth-order valence-corrected chi connectivity index (χ4v) is 2.77. The van der Waals surface area contributed by atoms with Crippen LogP contribution in [0.5, 0.6) is 0 Å². The first-order chi connectivity index (χ1) is 9.52. The van der Waals surface area contributed by atoms with Crippen LogP contribution in [-0.2, 0) is 19.8 Å². The Kier molecular flexibility index (Phi) is 3.01. The number of hydrogen-bond donors (Lipinski definition) is 1. The van der Waals surface area contributed by atoms with Gasteiger partial charge in [-0.05, 0) is 12.0 Å². The van der Waals surface area contributed by atoms with E-state index in [0.29, 0.717) is 12.8 Å². The molecule has 1 N–H and O–H groups in total. The largest absolute Gasteiger partial charge is 0.370 e. The van der Waals surface area contributed by atoms with Crippen LogP contribution in [0.2, 0.25) is 0 Å². The van der Waals surface area contributed by atoms with Crippen molar-refractivity contribution < 1.29 is 19.5 Å². The summed E-state index contributed by atoms with van der Waals surface area (Å²) >= 11 is 0. The van der Waals surface area contributed by atoms with Crippen molar-refractivity contribution in [2.75, 3.05) is 0 Å². The molecule has 1 aromatic rings. The number of benzene rings is 1. The maximum atomic E-state index is 12.1. The molecule has 1 heterocycles. The highest BCUT2D eigenvalue weighted by Gasteiger charge is 2.57. The van der Waals surface area contributed by atoms with E-state index in [-0.39, 0.29) is 23.7 Å². The van der Waals surface area contributed by atoms with Crippen LogP contribution in [0.3, 0.4) is 0 Å². The third-order valence-electron chi connectivity index (χ3n) is 4.28. The van der Waals surface area contributed by atoms with Gasteiger partial charge in [-0.15, -0.1) is 5.06 Å². The molecule has 5 nitrogen and oxygen atoms in total. The van der Waals surface area contributed by atoms with Crippen molar-refractivity contribution in [3.8, 4) is 0 Å². The monoisotopic (exact) mass is 275 g/mol. The van der Waals surface area contributed by atoms with Crippen LogP contribution >= 0.6 is 0 Å². The van der Waals surface area contributed by atoms with E-state index in [1.54, 1.807) is 0 Å². The number of amides is 1. The van der Waals surface area contributed by atoms with Crippen molar-refractivity contribution in [3.63, 3.8) is 0 Å². The highest BCUT2D eigenvalue weighted by molar-refractivity contribution is 5.83. The molecule has 1 aromatic carbocycles. The number of nitrogens with zero attached hydrogens (tertiary/aromatic N) is 1. The predicted molar refractivity (Wildman–Crippen MR) is 70.1 cm³/mol. The van der Waals surface area contributed by atoms with Crippen molar-refractivity contribution in [2.45, 2.75) is 37.8 Å². The molecule has 0 bridgehead atoms. The summed E-state index contributed by atoms with van der Waals surface area (Å²) in [7, 11) is 0. The first-order valence-corrected chi connectivity index (χ1v) is 6.80. The lowest BCUT2D eigenvalue weighted by molar-refractivity contribution is -0.222. The third kappa shape index (κ3) is 2.08. The number of carbonyl (C=O) groups is 2. The second-order valence-corrected chi connectivity index (χ2v) is 5.69. The average Bonchev–Trinajstić information content (AvgIpc) is 3.07. The molecule has 106 valence electrons. The number of rotatable bonds is 3. The number of aliphatic hydroxyl groups excluding tert-OH is 1. The Bertz CT molecular complexity index is 544. The van der Waals surface area contributed by atoms with Crippen molar-refractivity contribution >= 4 is 11.9 Å². The van der Waals surface area contributed by atoms with Gasteiger partial charge in [0.1, 0.15) is 0 Å². The molecule has 1 unspecified atom stereocenters. The summed E-state index contributed by atoms with van der Waals surface area (Å²) in [4.78, 5) is 28.7. The SMILES string of the molecule is C[C@@]1(c2ccccc2)C[C@H]1C(=O)ON1C(=O)CCC1O. The van der Waals surface area contributed by atoms with E-state index in [9.17, 15) is 14.7 Å². The minimum Gasteiger partial charge on any atom is -0.370 e. The maximum absolute atomic E-state index is 12.1. The first-order valence-electron chi connectivity index (χ1n) is 6.80. The van der Waals surface area contributed by atoms with E-state index in [0.717, 1.165) is 10.6 Å². The minimum atomic E-state index is -1.01. The molecule has 5 heteroatoms. The zero-order chi connectivity index (χ0) is 14.3. The Balaban J connectivity index is 1.67. The molecule has 2 fully saturated rings. The van der Waals surface area contributed by atoms with E-state index < -0.39 is 12.2 Å². The summed E-state index contributed by atoms with van der Waals surface area (Å²) < 4.78 is 0.